The van der Waals surface area contributed by atoms with Gasteiger partial charge in [0.1, 0.15) is 18.0 Å². The van der Waals surface area contributed by atoms with Crippen molar-refractivity contribution in [3.05, 3.63) is 71.8 Å². The first-order chi connectivity index (χ1) is 15.5. The van der Waals surface area contributed by atoms with Crippen LogP contribution < -0.4 is 5.32 Å². The molecule has 33 heavy (non-hydrogen) atoms. The molecule has 7 nitrogen and oxygen atoms in total. The number of ether oxygens (including phenoxy) is 2. The van der Waals surface area contributed by atoms with E-state index in [4.69, 9.17) is 9.47 Å². The largest absolute Gasteiger partial charge is 0.461 e. The zero-order valence-electron chi connectivity index (χ0n) is 19.6. The second kappa shape index (κ2) is 11.8. The Morgan fingerprint density at radius 1 is 0.909 bits per heavy atom. The maximum Gasteiger partial charge on any atom is 0.407 e. The molecule has 0 fully saturated rings. The summed E-state index contributed by atoms with van der Waals surface area (Å²) in [5.41, 5.74) is 1.65. The Morgan fingerprint density at radius 3 is 2.00 bits per heavy atom. The summed E-state index contributed by atoms with van der Waals surface area (Å²) < 4.78 is 35.7. The molecule has 0 saturated carbocycles. The van der Waals surface area contributed by atoms with Crippen LogP contribution in [-0.2, 0) is 37.1 Å². The fourth-order valence-electron chi connectivity index (χ4n) is 3.05. The number of nitrogens with one attached hydrogen (secondary N) is 1. The summed E-state index contributed by atoms with van der Waals surface area (Å²) in [5.74, 6) is -1.90. The zero-order chi connectivity index (χ0) is 24.5. The monoisotopic (exact) mass is 475 g/mol. The van der Waals surface area contributed by atoms with E-state index in [2.05, 4.69) is 5.32 Å². The first-order valence-corrected chi connectivity index (χ1v) is 12.6. The number of carbonyl (C=O) groups is 2. The number of rotatable bonds is 11. The van der Waals surface area contributed by atoms with Crippen molar-refractivity contribution in [2.24, 2.45) is 5.92 Å². The Bertz CT molecular complexity index is 1000. The van der Waals surface area contributed by atoms with Crippen molar-refractivity contribution < 1.29 is 27.5 Å². The first-order valence-electron chi connectivity index (χ1n) is 10.9. The van der Waals surface area contributed by atoms with Crippen LogP contribution >= 0.6 is 0 Å². The van der Waals surface area contributed by atoms with E-state index in [1.807, 2.05) is 60.7 Å². The van der Waals surface area contributed by atoms with Crippen LogP contribution in [0, 0.1) is 5.92 Å². The number of esters is 1. The number of carbonyl (C=O) groups excluding carboxylic acids is 2. The summed E-state index contributed by atoms with van der Waals surface area (Å²) in [5, 5.41) is 2.56. The molecule has 8 heteroatoms. The van der Waals surface area contributed by atoms with Crippen molar-refractivity contribution in [1.82, 2.24) is 5.32 Å². The molecule has 0 bridgehead atoms. The van der Waals surface area contributed by atoms with Gasteiger partial charge < -0.3 is 14.8 Å². The lowest BCUT2D eigenvalue weighted by Gasteiger charge is -2.27. The van der Waals surface area contributed by atoms with Crippen LogP contribution in [0.15, 0.2) is 60.7 Å². The number of sulfone groups is 1. The lowest BCUT2D eigenvalue weighted by atomic mass is 10.0. The van der Waals surface area contributed by atoms with Gasteiger partial charge in [-0.3, -0.25) is 4.79 Å². The molecule has 0 aliphatic heterocycles. The Hall–Kier alpha value is -2.87. The average Bonchev–Trinajstić information content (AvgIpc) is 2.76. The molecule has 180 valence electrons. The maximum absolute atomic E-state index is 13.2. The third-order valence-electron chi connectivity index (χ3n) is 5.10. The van der Waals surface area contributed by atoms with Gasteiger partial charge in [-0.05, 0) is 45.2 Å². The molecule has 0 aromatic heterocycles. The van der Waals surface area contributed by atoms with Gasteiger partial charge in [-0.1, -0.05) is 60.7 Å². The predicted octanol–water partition coefficient (Wildman–Crippen LogP) is 3.92. The number of hydrogen-bond acceptors (Lipinski definition) is 6. The van der Waals surface area contributed by atoms with Crippen molar-refractivity contribution in [3.63, 3.8) is 0 Å². The molecule has 0 aliphatic carbocycles. The third-order valence-corrected chi connectivity index (χ3v) is 7.74. The lowest BCUT2D eigenvalue weighted by molar-refractivity contribution is -0.149. The summed E-state index contributed by atoms with van der Waals surface area (Å²) >= 11 is 0. The van der Waals surface area contributed by atoms with Crippen molar-refractivity contribution in [1.29, 1.82) is 0 Å². The highest BCUT2D eigenvalue weighted by Crippen LogP contribution is 2.23. The van der Waals surface area contributed by atoms with E-state index in [0.717, 1.165) is 11.1 Å². The number of hydrogen-bond donors (Lipinski definition) is 1. The summed E-state index contributed by atoms with van der Waals surface area (Å²) in [4.78, 5) is 24.7. The van der Waals surface area contributed by atoms with Crippen LogP contribution in [0.3, 0.4) is 0 Å². The van der Waals surface area contributed by atoms with Crippen LogP contribution in [0.5, 0.6) is 0 Å². The quantitative estimate of drug-likeness (QED) is 0.495. The van der Waals surface area contributed by atoms with E-state index in [0.29, 0.717) is 0 Å². The molecule has 0 heterocycles. The summed E-state index contributed by atoms with van der Waals surface area (Å²) in [6.07, 6.45) is -0.463. The Labute approximate surface area is 196 Å². The van der Waals surface area contributed by atoms with Crippen molar-refractivity contribution in [2.45, 2.75) is 51.5 Å². The van der Waals surface area contributed by atoms with E-state index in [9.17, 15) is 18.0 Å². The minimum absolute atomic E-state index is 0.0624. The van der Waals surface area contributed by atoms with Gasteiger partial charge in [0.2, 0.25) is 0 Å². The zero-order valence-corrected chi connectivity index (χ0v) is 20.4. The van der Waals surface area contributed by atoms with Gasteiger partial charge in [-0.2, -0.15) is 0 Å². The molecular weight excluding hydrogens is 442 g/mol. The average molecular weight is 476 g/mol. The van der Waals surface area contributed by atoms with Crippen molar-refractivity contribution >= 4 is 21.9 Å². The number of alkyl carbamates (subject to hydrolysis) is 1. The molecule has 2 aromatic carbocycles. The summed E-state index contributed by atoms with van der Waals surface area (Å²) in [6, 6.07) is 18.3. The van der Waals surface area contributed by atoms with Gasteiger partial charge in [0.15, 0.2) is 9.84 Å². The number of amides is 1. The van der Waals surface area contributed by atoms with Gasteiger partial charge in [0.05, 0.1) is 11.7 Å². The van der Waals surface area contributed by atoms with Crippen molar-refractivity contribution in [3.8, 4) is 0 Å². The molecular formula is C25H33NO6S. The highest BCUT2D eigenvalue weighted by Gasteiger charge is 2.39. The predicted molar refractivity (Wildman–Crippen MR) is 127 cm³/mol. The van der Waals surface area contributed by atoms with Crippen LogP contribution in [0.2, 0.25) is 0 Å². The molecule has 0 aliphatic rings. The fraction of sp³-hybridized carbons (Fsp3) is 0.440. The molecule has 0 radical (unpaired) electrons. The van der Waals surface area contributed by atoms with Crippen molar-refractivity contribution in [2.75, 3.05) is 12.4 Å². The van der Waals surface area contributed by atoms with E-state index in [-0.39, 0.29) is 25.7 Å². The highest BCUT2D eigenvalue weighted by atomic mass is 32.2. The Kier molecular flexibility index (Phi) is 9.46. The van der Waals surface area contributed by atoms with Crippen LogP contribution in [-0.4, -0.2) is 43.6 Å². The SMILES string of the molecule is CC(C)NC(=O)OCC(C)(C)S(=O)(=O)CC(Cc1ccccc1)C(=O)OCc1ccccc1. The second-order valence-electron chi connectivity index (χ2n) is 8.90. The van der Waals surface area contributed by atoms with Crippen LogP contribution in [0.25, 0.3) is 0 Å². The Morgan fingerprint density at radius 2 is 1.45 bits per heavy atom. The maximum atomic E-state index is 13.2. The van der Waals surface area contributed by atoms with Gasteiger partial charge in [0.25, 0.3) is 0 Å². The smallest absolute Gasteiger partial charge is 0.407 e. The highest BCUT2D eigenvalue weighted by molar-refractivity contribution is 7.92. The van der Waals surface area contributed by atoms with Crippen LogP contribution in [0.4, 0.5) is 4.79 Å². The minimum atomic E-state index is -3.84. The van der Waals surface area contributed by atoms with E-state index < -0.39 is 38.3 Å². The molecule has 2 aromatic rings. The fourth-order valence-corrected chi connectivity index (χ4v) is 4.53. The Balaban J connectivity index is 2.13. The minimum Gasteiger partial charge on any atom is -0.461 e. The molecule has 1 N–H and O–H groups in total. The summed E-state index contributed by atoms with van der Waals surface area (Å²) in [7, 11) is -3.84. The summed E-state index contributed by atoms with van der Waals surface area (Å²) in [6.45, 7) is 6.26. The molecule has 1 amide bonds. The van der Waals surface area contributed by atoms with Gasteiger partial charge >= 0.3 is 12.1 Å². The van der Waals surface area contributed by atoms with Gasteiger partial charge in [-0.25, -0.2) is 13.2 Å². The molecule has 0 saturated heterocycles. The standard InChI is InChI=1S/C25H33NO6S/c1-19(2)26-24(28)32-18-25(3,4)33(29,30)17-22(15-20-11-7-5-8-12-20)23(27)31-16-21-13-9-6-10-14-21/h5-14,19,22H,15-18H2,1-4H3,(H,26,28). The van der Waals surface area contributed by atoms with E-state index >= 15 is 0 Å². The molecule has 1 atom stereocenters. The first kappa shape index (κ1) is 26.4. The van der Waals surface area contributed by atoms with Gasteiger partial charge in [0, 0.05) is 6.04 Å². The molecule has 2 rings (SSSR count). The molecule has 0 spiro atoms. The lowest BCUT2D eigenvalue weighted by Crippen LogP contribution is -2.44. The van der Waals surface area contributed by atoms with Gasteiger partial charge in [-0.15, -0.1) is 0 Å². The molecule has 1 unspecified atom stereocenters. The van der Waals surface area contributed by atoms with E-state index in [1.54, 1.807) is 13.8 Å². The van der Waals surface area contributed by atoms with Crippen LogP contribution in [0.1, 0.15) is 38.8 Å². The van der Waals surface area contributed by atoms with E-state index in [1.165, 1.54) is 13.8 Å². The third kappa shape index (κ3) is 8.53. The topological polar surface area (TPSA) is 98.8 Å². The normalized spacial score (nSPS) is 12.8. The number of benzene rings is 2. The second-order valence-corrected chi connectivity index (χ2v) is 11.6.